The van der Waals surface area contributed by atoms with Crippen LogP contribution >= 0.6 is 11.3 Å². The first-order chi connectivity index (χ1) is 10.1. The SMILES string of the molecule is Cc1scc(CCNC(=O)[C@@H]2CCCN(CCO)C2)c1C. The smallest absolute Gasteiger partial charge is 0.224 e. The largest absolute Gasteiger partial charge is 0.395 e. The molecular weight excluding hydrogens is 284 g/mol. The van der Waals surface area contributed by atoms with Crippen LogP contribution in [-0.2, 0) is 11.2 Å². The molecule has 1 amide bonds. The van der Waals surface area contributed by atoms with Gasteiger partial charge in [-0.1, -0.05) is 0 Å². The summed E-state index contributed by atoms with van der Waals surface area (Å²) >= 11 is 1.78. The summed E-state index contributed by atoms with van der Waals surface area (Å²) in [5, 5.41) is 14.3. The Morgan fingerprint density at radius 1 is 1.52 bits per heavy atom. The molecule has 1 aliphatic rings. The van der Waals surface area contributed by atoms with E-state index in [1.165, 1.54) is 16.0 Å². The number of β-amino-alcohol motifs (C(OH)–C–C–N with tert-alkyl or cyclic N) is 1. The van der Waals surface area contributed by atoms with Gasteiger partial charge in [0.05, 0.1) is 12.5 Å². The van der Waals surface area contributed by atoms with E-state index in [4.69, 9.17) is 5.11 Å². The van der Waals surface area contributed by atoms with Gasteiger partial charge in [-0.25, -0.2) is 0 Å². The Labute approximate surface area is 131 Å². The van der Waals surface area contributed by atoms with Crippen LogP contribution < -0.4 is 5.32 Å². The summed E-state index contributed by atoms with van der Waals surface area (Å²) < 4.78 is 0. The number of rotatable bonds is 6. The second kappa shape index (κ2) is 7.92. The van der Waals surface area contributed by atoms with Crippen LogP contribution in [0.25, 0.3) is 0 Å². The minimum absolute atomic E-state index is 0.0793. The average molecular weight is 310 g/mol. The summed E-state index contributed by atoms with van der Waals surface area (Å²) in [5.74, 6) is 0.248. The summed E-state index contributed by atoms with van der Waals surface area (Å²) in [6.07, 6.45) is 2.92. The maximum atomic E-state index is 12.2. The number of hydrogen-bond acceptors (Lipinski definition) is 4. The number of carbonyl (C=O) groups excluding carboxylic acids is 1. The molecule has 0 radical (unpaired) electrons. The molecule has 2 N–H and O–H groups in total. The predicted molar refractivity (Wildman–Crippen MR) is 86.8 cm³/mol. The summed E-state index contributed by atoms with van der Waals surface area (Å²) in [6, 6.07) is 0. The van der Waals surface area contributed by atoms with Crippen LogP contribution in [0, 0.1) is 19.8 Å². The van der Waals surface area contributed by atoms with E-state index in [1.807, 2.05) is 0 Å². The maximum Gasteiger partial charge on any atom is 0.224 e. The Hall–Kier alpha value is -0.910. The highest BCUT2D eigenvalue weighted by Gasteiger charge is 2.25. The van der Waals surface area contributed by atoms with Crippen molar-refractivity contribution in [1.82, 2.24) is 10.2 Å². The number of piperidine rings is 1. The van der Waals surface area contributed by atoms with E-state index in [0.29, 0.717) is 13.1 Å². The van der Waals surface area contributed by atoms with Crippen LogP contribution in [0.1, 0.15) is 28.8 Å². The highest BCUT2D eigenvalue weighted by Crippen LogP contribution is 2.21. The standard InChI is InChI=1S/C16H26N2O2S/c1-12-13(2)21-11-15(12)5-6-17-16(20)14-4-3-7-18(10-14)8-9-19/h11,14,19H,3-10H2,1-2H3,(H,17,20)/t14-/m1/s1. The lowest BCUT2D eigenvalue weighted by Gasteiger charge is -2.31. The van der Waals surface area contributed by atoms with Crippen molar-refractivity contribution < 1.29 is 9.90 Å². The van der Waals surface area contributed by atoms with Gasteiger partial charge in [0, 0.05) is 24.5 Å². The molecule has 1 fully saturated rings. The Bertz CT molecular complexity index is 471. The predicted octanol–water partition coefficient (Wildman–Crippen LogP) is 1.73. The molecule has 0 bridgehead atoms. The third kappa shape index (κ3) is 4.53. The van der Waals surface area contributed by atoms with Crippen molar-refractivity contribution >= 4 is 17.2 Å². The number of aliphatic hydroxyl groups excluding tert-OH is 1. The van der Waals surface area contributed by atoms with Gasteiger partial charge in [-0.15, -0.1) is 11.3 Å². The zero-order valence-electron chi connectivity index (χ0n) is 13.0. The molecule has 2 rings (SSSR count). The van der Waals surface area contributed by atoms with Gasteiger partial charge in [-0.3, -0.25) is 4.79 Å². The molecule has 5 heteroatoms. The van der Waals surface area contributed by atoms with E-state index in [9.17, 15) is 4.79 Å². The molecule has 21 heavy (non-hydrogen) atoms. The molecule has 0 aliphatic carbocycles. The lowest BCUT2D eigenvalue weighted by molar-refractivity contribution is -0.126. The van der Waals surface area contributed by atoms with Gasteiger partial charge in [-0.2, -0.15) is 0 Å². The second-order valence-electron chi connectivity index (χ2n) is 5.85. The first-order valence-corrected chi connectivity index (χ1v) is 8.64. The highest BCUT2D eigenvalue weighted by atomic mass is 32.1. The molecule has 0 spiro atoms. The summed E-state index contributed by atoms with van der Waals surface area (Å²) in [7, 11) is 0. The molecule has 1 aromatic rings. The molecule has 1 saturated heterocycles. The second-order valence-corrected chi connectivity index (χ2v) is 6.93. The van der Waals surface area contributed by atoms with Crippen molar-refractivity contribution in [3.63, 3.8) is 0 Å². The fourth-order valence-electron chi connectivity index (χ4n) is 2.89. The number of amides is 1. The Kier molecular flexibility index (Phi) is 6.21. The molecule has 1 atom stereocenters. The maximum absolute atomic E-state index is 12.2. The molecule has 0 aromatic carbocycles. The highest BCUT2D eigenvalue weighted by molar-refractivity contribution is 7.10. The van der Waals surface area contributed by atoms with E-state index in [0.717, 1.165) is 32.4 Å². The minimum atomic E-state index is 0.0793. The molecule has 0 unspecified atom stereocenters. The lowest BCUT2D eigenvalue weighted by atomic mass is 9.97. The van der Waals surface area contributed by atoms with Crippen LogP contribution in [0.15, 0.2) is 5.38 Å². The van der Waals surface area contributed by atoms with E-state index in [1.54, 1.807) is 11.3 Å². The third-order valence-electron chi connectivity index (χ3n) is 4.37. The summed E-state index contributed by atoms with van der Waals surface area (Å²) in [6.45, 7) is 7.63. The third-order valence-corrected chi connectivity index (χ3v) is 5.44. The lowest BCUT2D eigenvalue weighted by Crippen LogP contribution is -2.44. The van der Waals surface area contributed by atoms with Crippen molar-refractivity contribution in [2.75, 3.05) is 32.8 Å². The monoisotopic (exact) mass is 310 g/mol. The van der Waals surface area contributed by atoms with Crippen LogP contribution in [0.2, 0.25) is 0 Å². The van der Waals surface area contributed by atoms with Crippen LogP contribution in [0.4, 0.5) is 0 Å². The number of aliphatic hydroxyl groups is 1. The Balaban J connectivity index is 1.75. The van der Waals surface area contributed by atoms with Crippen molar-refractivity contribution in [3.05, 3.63) is 21.4 Å². The normalized spacial score (nSPS) is 19.7. The zero-order chi connectivity index (χ0) is 15.2. The number of carbonyl (C=O) groups is 1. The van der Waals surface area contributed by atoms with Gasteiger partial charge in [0.15, 0.2) is 0 Å². The zero-order valence-corrected chi connectivity index (χ0v) is 13.8. The van der Waals surface area contributed by atoms with Crippen LogP contribution in [-0.4, -0.2) is 48.7 Å². The molecule has 0 saturated carbocycles. The number of likely N-dealkylation sites (tertiary alicyclic amines) is 1. The first kappa shape index (κ1) is 16.5. The van der Waals surface area contributed by atoms with E-state index in [-0.39, 0.29) is 18.4 Å². The fraction of sp³-hybridized carbons (Fsp3) is 0.688. The van der Waals surface area contributed by atoms with Gasteiger partial charge in [0.25, 0.3) is 0 Å². The van der Waals surface area contributed by atoms with Crippen molar-refractivity contribution in [2.45, 2.75) is 33.1 Å². The summed E-state index contributed by atoms with van der Waals surface area (Å²) in [4.78, 5) is 15.8. The van der Waals surface area contributed by atoms with Gasteiger partial charge in [0.2, 0.25) is 5.91 Å². The van der Waals surface area contributed by atoms with Gasteiger partial charge in [0.1, 0.15) is 0 Å². The van der Waals surface area contributed by atoms with Crippen molar-refractivity contribution in [1.29, 1.82) is 0 Å². The van der Waals surface area contributed by atoms with Crippen molar-refractivity contribution in [2.24, 2.45) is 5.92 Å². The molecular formula is C16H26N2O2S. The first-order valence-electron chi connectivity index (χ1n) is 7.76. The molecule has 2 heterocycles. The summed E-state index contributed by atoms with van der Waals surface area (Å²) in [5.41, 5.74) is 2.71. The number of hydrogen-bond donors (Lipinski definition) is 2. The fourth-order valence-corrected chi connectivity index (χ4v) is 3.81. The number of nitrogens with zero attached hydrogens (tertiary/aromatic N) is 1. The Morgan fingerprint density at radius 3 is 3.00 bits per heavy atom. The minimum Gasteiger partial charge on any atom is -0.395 e. The quantitative estimate of drug-likeness (QED) is 0.841. The van der Waals surface area contributed by atoms with Gasteiger partial charge < -0.3 is 15.3 Å². The van der Waals surface area contributed by atoms with E-state index in [2.05, 4.69) is 29.4 Å². The van der Waals surface area contributed by atoms with Gasteiger partial charge in [-0.05, 0) is 56.2 Å². The number of nitrogens with one attached hydrogen (secondary N) is 1. The Morgan fingerprint density at radius 2 is 2.33 bits per heavy atom. The van der Waals surface area contributed by atoms with Crippen LogP contribution in [0.3, 0.4) is 0 Å². The molecule has 4 nitrogen and oxygen atoms in total. The number of aryl methyl sites for hydroxylation is 1. The molecule has 1 aliphatic heterocycles. The van der Waals surface area contributed by atoms with Crippen molar-refractivity contribution in [3.8, 4) is 0 Å². The van der Waals surface area contributed by atoms with E-state index < -0.39 is 0 Å². The average Bonchev–Trinajstić information content (AvgIpc) is 2.80. The molecule has 118 valence electrons. The van der Waals surface area contributed by atoms with Crippen LogP contribution in [0.5, 0.6) is 0 Å². The van der Waals surface area contributed by atoms with Gasteiger partial charge >= 0.3 is 0 Å². The number of thiophene rings is 1. The van der Waals surface area contributed by atoms with E-state index >= 15 is 0 Å². The topological polar surface area (TPSA) is 52.6 Å². The molecule has 1 aromatic heterocycles.